The lowest BCUT2D eigenvalue weighted by atomic mass is 10.0. The second kappa shape index (κ2) is 11.2. The second-order valence-electron chi connectivity index (χ2n) is 8.17. The molecule has 0 unspecified atom stereocenters. The number of fused-ring (bicyclic) bond motifs is 1. The minimum Gasteiger partial charge on any atom is -0.505 e. The van der Waals surface area contributed by atoms with Crippen LogP contribution in [0.5, 0.6) is 11.5 Å². The van der Waals surface area contributed by atoms with Gasteiger partial charge in [-0.2, -0.15) is 13.5 Å². The van der Waals surface area contributed by atoms with E-state index in [1.165, 1.54) is 6.07 Å². The summed E-state index contributed by atoms with van der Waals surface area (Å²) in [5.74, 6) is -0.528. The number of aryl methyl sites for hydroxylation is 1. The normalized spacial score (nSPS) is 11.7. The number of aromatic hydroxyl groups is 1. The first-order valence-corrected chi connectivity index (χ1v) is 13.4. The summed E-state index contributed by atoms with van der Waals surface area (Å²) in [6, 6.07) is 18.0. The minimum absolute atomic E-state index is 0.0109. The number of para-hydroxylation sites is 2. The Kier molecular flexibility index (Phi) is 7.96. The molecule has 4 aromatic rings. The Balaban J connectivity index is 1.82. The number of carbonyl (C=O) groups is 1. The van der Waals surface area contributed by atoms with Crippen molar-refractivity contribution in [1.29, 1.82) is 0 Å². The van der Waals surface area contributed by atoms with Gasteiger partial charge in [0.2, 0.25) is 0 Å². The lowest BCUT2D eigenvalue weighted by Crippen LogP contribution is -2.13. The van der Waals surface area contributed by atoms with E-state index in [-0.39, 0.29) is 22.0 Å². The number of phenolic OH excluding ortho intramolecular Hbond substituents is 1. The summed E-state index contributed by atoms with van der Waals surface area (Å²) < 4.78 is 38.6. The van der Waals surface area contributed by atoms with Gasteiger partial charge < -0.3 is 15.2 Å². The van der Waals surface area contributed by atoms with E-state index in [2.05, 4.69) is 15.5 Å². The van der Waals surface area contributed by atoms with Crippen molar-refractivity contribution >= 4 is 55.5 Å². The molecule has 3 N–H and O–H groups in total. The van der Waals surface area contributed by atoms with Gasteiger partial charge in [-0.1, -0.05) is 54.9 Å². The van der Waals surface area contributed by atoms with Crippen molar-refractivity contribution in [2.45, 2.75) is 25.2 Å². The summed E-state index contributed by atoms with van der Waals surface area (Å²) in [5, 5.41) is 23.3. The summed E-state index contributed by atoms with van der Waals surface area (Å²) in [4.78, 5) is 12.7. The van der Waals surface area contributed by atoms with Crippen LogP contribution >= 0.6 is 11.6 Å². The number of phenols is 1. The Morgan fingerprint density at radius 2 is 1.74 bits per heavy atom. The number of anilines is 1. The van der Waals surface area contributed by atoms with E-state index in [0.29, 0.717) is 40.8 Å². The third kappa shape index (κ3) is 5.62. The van der Waals surface area contributed by atoms with Crippen LogP contribution < -0.4 is 10.1 Å². The molecule has 1 amide bonds. The predicted octanol–water partition coefficient (Wildman–Crippen LogP) is 7.07. The molecule has 4 aromatic carbocycles. The van der Waals surface area contributed by atoms with Crippen LogP contribution in [0.3, 0.4) is 0 Å². The molecule has 38 heavy (non-hydrogen) atoms. The first-order chi connectivity index (χ1) is 18.1. The molecule has 0 heterocycles. The van der Waals surface area contributed by atoms with Crippen molar-refractivity contribution in [3.8, 4) is 11.5 Å². The number of nitrogens with one attached hydrogen (secondary N) is 1. The van der Waals surface area contributed by atoms with Crippen molar-refractivity contribution < 1.29 is 27.6 Å². The molecule has 0 aromatic heterocycles. The largest absolute Gasteiger partial charge is 0.505 e. The van der Waals surface area contributed by atoms with Gasteiger partial charge in [0.1, 0.15) is 16.3 Å². The summed E-state index contributed by atoms with van der Waals surface area (Å²) >= 11 is 6.03. The molecule has 0 bridgehead atoms. The van der Waals surface area contributed by atoms with Gasteiger partial charge in [0.25, 0.3) is 16.0 Å². The van der Waals surface area contributed by atoms with E-state index >= 15 is 0 Å². The van der Waals surface area contributed by atoms with Gasteiger partial charge in [0, 0.05) is 5.39 Å². The quantitative estimate of drug-likeness (QED) is 0.157. The fourth-order valence-electron chi connectivity index (χ4n) is 3.89. The SMILES string of the molecule is CCOc1ccccc1NC(=O)c1cc2ccccc2c(N=Nc2cc(S(=O)(=O)O)c(Cl)cc2CC)c1O. The standard InChI is InChI=1S/C27H24ClN3O6S/c1-3-16-14-20(28)24(38(34,35)36)15-22(16)30-31-25-18-10-6-5-9-17(18)13-19(26(25)32)27(33)29-21-11-7-8-12-23(21)37-4-2/h5-15,32H,3-4H2,1-2H3,(H,29,33)(H,34,35,36). The monoisotopic (exact) mass is 553 g/mol. The number of halogens is 1. The van der Waals surface area contributed by atoms with E-state index in [1.54, 1.807) is 54.6 Å². The molecule has 4 rings (SSSR count). The van der Waals surface area contributed by atoms with E-state index in [4.69, 9.17) is 16.3 Å². The van der Waals surface area contributed by atoms with Crippen molar-refractivity contribution in [3.05, 3.63) is 82.9 Å². The molecule has 196 valence electrons. The van der Waals surface area contributed by atoms with Gasteiger partial charge in [-0.3, -0.25) is 9.35 Å². The average Bonchev–Trinajstić information content (AvgIpc) is 2.88. The molecule has 0 radical (unpaired) electrons. The number of nitrogens with zero attached hydrogens (tertiary/aromatic N) is 2. The number of carbonyl (C=O) groups excluding carboxylic acids is 1. The highest BCUT2D eigenvalue weighted by Crippen LogP contribution is 2.41. The van der Waals surface area contributed by atoms with Crippen LogP contribution in [0.1, 0.15) is 29.8 Å². The predicted molar refractivity (Wildman–Crippen MR) is 146 cm³/mol. The first-order valence-electron chi connectivity index (χ1n) is 11.6. The zero-order valence-corrected chi connectivity index (χ0v) is 22.0. The van der Waals surface area contributed by atoms with Gasteiger partial charge in [0.05, 0.1) is 28.6 Å². The third-order valence-electron chi connectivity index (χ3n) is 5.72. The Bertz CT molecular complexity index is 1670. The van der Waals surface area contributed by atoms with Crippen molar-refractivity contribution in [1.82, 2.24) is 0 Å². The molecular formula is C27H24ClN3O6S. The third-order valence-corrected chi connectivity index (χ3v) is 7.04. The molecule has 0 saturated carbocycles. The van der Waals surface area contributed by atoms with Gasteiger partial charge in [-0.15, -0.1) is 5.11 Å². The van der Waals surface area contributed by atoms with E-state index in [0.717, 1.165) is 6.07 Å². The summed E-state index contributed by atoms with van der Waals surface area (Å²) in [6.45, 7) is 4.05. The number of ether oxygens (including phenoxy) is 1. The summed E-state index contributed by atoms with van der Waals surface area (Å²) in [7, 11) is -4.61. The van der Waals surface area contributed by atoms with Crippen molar-refractivity contribution in [2.75, 3.05) is 11.9 Å². The van der Waals surface area contributed by atoms with Crippen molar-refractivity contribution in [3.63, 3.8) is 0 Å². The Morgan fingerprint density at radius 3 is 2.45 bits per heavy atom. The average molecular weight is 554 g/mol. The summed E-state index contributed by atoms with van der Waals surface area (Å²) in [6.07, 6.45) is 0.439. The van der Waals surface area contributed by atoms with Gasteiger partial charge in [0.15, 0.2) is 5.75 Å². The topological polar surface area (TPSA) is 138 Å². The highest BCUT2D eigenvalue weighted by molar-refractivity contribution is 7.86. The molecule has 0 aliphatic heterocycles. The van der Waals surface area contributed by atoms with Crippen LogP contribution in [0.4, 0.5) is 17.1 Å². The molecule has 0 aliphatic carbocycles. The molecule has 0 spiro atoms. The Morgan fingerprint density at radius 1 is 1.03 bits per heavy atom. The molecule has 0 fully saturated rings. The van der Waals surface area contributed by atoms with Crippen molar-refractivity contribution in [2.24, 2.45) is 10.2 Å². The maximum absolute atomic E-state index is 13.2. The number of hydrogen-bond acceptors (Lipinski definition) is 7. The lowest BCUT2D eigenvalue weighted by molar-refractivity contribution is 0.102. The number of rotatable bonds is 8. The highest BCUT2D eigenvalue weighted by Gasteiger charge is 2.21. The van der Waals surface area contributed by atoms with Crippen LogP contribution in [0.25, 0.3) is 10.8 Å². The second-order valence-corrected chi connectivity index (χ2v) is 9.96. The minimum atomic E-state index is -4.61. The number of hydrogen-bond donors (Lipinski definition) is 3. The van der Waals surface area contributed by atoms with Gasteiger partial charge in [-0.25, -0.2) is 0 Å². The zero-order valence-electron chi connectivity index (χ0n) is 20.5. The van der Waals surface area contributed by atoms with E-state index in [1.807, 2.05) is 13.8 Å². The maximum atomic E-state index is 13.2. The number of amides is 1. The van der Waals surface area contributed by atoms with Crippen LogP contribution in [-0.2, 0) is 16.5 Å². The molecule has 11 heteroatoms. The fraction of sp³-hybridized carbons (Fsp3) is 0.148. The van der Waals surface area contributed by atoms with Gasteiger partial charge in [-0.05, 0) is 54.6 Å². The molecule has 0 saturated heterocycles. The molecule has 0 aliphatic rings. The fourth-order valence-corrected chi connectivity index (χ4v) is 4.94. The van der Waals surface area contributed by atoms with Crippen LogP contribution in [0, 0.1) is 0 Å². The number of benzene rings is 4. The van der Waals surface area contributed by atoms with E-state index in [9.17, 15) is 22.9 Å². The zero-order chi connectivity index (χ0) is 27.4. The highest BCUT2D eigenvalue weighted by atomic mass is 35.5. The van der Waals surface area contributed by atoms with E-state index < -0.39 is 26.7 Å². The summed E-state index contributed by atoms with van der Waals surface area (Å²) in [5.41, 5.74) is 1.10. The Labute approximate surface area is 224 Å². The number of azo groups is 1. The molecule has 0 atom stereocenters. The lowest BCUT2D eigenvalue weighted by Gasteiger charge is -2.14. The smallest absolute Gasteiger partial charge is 0.296 e. The molecule has 9 nitrogen and oxygen atoms in total. The van der Waals surface area contributed by atoms with Crippen LogP contribution in [0.15, 0.2) is 81.9 Å². The Hall–Kier alpha value is -3.99. The van der Waals surface area contributed by atoms with Gasteiger partial charge >= 0.3 is 0 Å². The van der Waals surface area contributed by atoms with Crippen LogP contribution in [0.2, 0.25) is 5.02 Å². The van der Waals surface area contributed by atoms with Crippen LogP contribution in [-0.4, -0.2) is 30.6 Å². The first kappa shape index (κ1) is 27.1. The maximum Gasteiger partial charge on any atom is 0.296 e. The molecular weight excluding hydrogens is 530 g/mol.